The number of hydrazine groups is 1. The first-order chi connectivity index (χ1) is 16.3. The monoisotopic (exact) mass is 479 g/mol. The Kier molecular flexibility index (Phi) is 6.51. The topological polar surface area (TPSA) is 81.0 Å². The lowest BCUT2D eigenvalue weighted by atomic mass is 10.2. The number of benzene rings is 2. The molecule has 0 saturated carbocycles. The molecule has 9 heteroatoms. The molecule has 2 aromatic carbocycles. The van der Waals surface area contributed by atoms with Gasteiger partial charge in [-0.15, -0.1) is 0 Å². The number of nitrogens with zero attached hydrogens (tertiary/aromatic N) is 3. The van der Waals surface area contributed by atoms with Crippen molar-refractivity contribution in [1.82, 2.24) is 25.2 Å². The molecule has 0 unspecified atom stereocenters. The Hall–Kier alpha value is -3.91. The number of rotatable bonds is 5. The third-order valence-corrected chi connectivity index (χ3v) is 5.90. The predicted octanol–water partition coefficient (Wildman–Crippen LogP) is 4.51. The van der Waals surface area contributed by atoms with Crippen molar-refractivity contribution in [3.8, 4) is 5.69 Å². The number of nitrogens with one attached hydrogen (secondary N) is 2. The molecule has 174 valence electrons. The summed E-state index contributed by atoms with van der Waals surface area (Å²) in [5.41, 5.74) is 9.24. The highest BCUT2D eigenvalue weighted by molar-refractivity contribution is 6.33. The molecule has 0 radical (unpaired) electrons. The smallest absolute Gasteiger partial charge is 0.274 e. The number of para-hydroxylation sites is 1. The van der Waals surface area contributed by atoms with E-state index in [-0.39, 0.29) is 23.1 Å². The summed E-state index contributed by atoms with van der Waals surface area (Å²) >= 11 is 6.40. The van der Waals surface area contributed by atoms with E-state index in [9.17, 15) is 14.0 Å². The van der Waals surface area contributed by atoms with Crippen LogP contribution in [0.15, 0.2) is 60.7 Å². The molecule has 0 aliphatic carbocycles. The summed E-state index contributed by atoms with van der Waals surface area (Å²) < 4.78 is 16.6. The highest BCUT2D eigenvalue weighted by Crippen LogP contribution is 2.22. The molecule has 0 aliphatic rings. The SMILES string of the molecule is Cc1nn(Cc2ccc(F)cc2)c(Cl)c1C(=O)NNC(=O)c1cc(C)n(-c2ccccc2)c1C. The van der Waals surface area contributed by atoms with E-state index in [4.69, 9.17) is 11.6 Å². The van der Waals surface area contributed by atoms with E-state index in [2.05, 4.69) is 16.0 Å². The van der Waals surface area contributed by atoms with E-state index in [1.54, 1.807) is 25.1 Å². The molecule has 2 aromatic heterocycles. The van der Waals surface area contributed by atoms with Crippen LogP contribution < -0.4 is 10.9 Å². The van der Waals surface area contributed by atoms with Crippen molar-refractivity contribution in [3.63, 3.8) is 0 Å². The summed E-state index contributed by atoms with van der Waals surface area (Å²) in [6.45, 7) is 5.67. The average Bonchev–Trinajstić information content (AvgIpc) is 3.27. The zero-order valence-corrected chi connectivity index (χ0v) is 19.7. The molecule has 2 heterocycles. The lowest BCUT2D eigenvalue weighted by molar-refractivity contribution is 0.0846. The number of carbonyl (C=O) groups excluding carboxylic acids is 2. The average molecular weight is 480 g/mol. The van der Waals surface area contributed by atoms with E-state index >= 15 is 0 Å². The number of aryl methyl sites for hydroxylation is 2. The second-order valence-electron chi connectivity index (χ2n) is 7.90. The molecule has 0 fully saturated rings. The first-order valence-corrected chi connectivity index (χ1v) is 11.0. The number of amides is 2. The largest absolute Gasteiger partial charge is 0.318 e. The summed E-state index contributed by atoms with van der Waals surface area (Å²) in [6, 6.07) is 17.4. The van der Waals surface area contributed by atoms with Crippen molar-refractivity contribution in [1.29, 1.82) is 0 Å². The minimum atomic E-state index is -0.585. The first-order valence-electron chi connectivity index (χ1n) is 10.6. The van der Waals surface area contributed by atoms with Crippen LogP contribution in [0.2, 0.25) is 5.15 Å². The van der Waals surface area contributed by atoms with Gasteiger partial charge in [-0.25, -0.2) is 9.07 Å². The number of halogens is 2. The fraction of sp³-hybridized carbons (Fsp3) is 0.160. The molecule has 34 heavy (non-hydrogen) atoms. The molecule has 4 rings (SSSR count). The van der Waals surface area contributed by atoms with Crippen molar-refractivity contribution < 1.29 is 14.0 Å². The van der Waals surface area contributed by atoms with Gasteiger partial charge < -0.3 is 4.57 Å². The van der Waals surface area contributed by atoms with Gasteiger partial charge in [0.2, 0.25) is 0 Å². The zero-order chi connectivity index (χ0) is 24.4. The summed E-state index contributed by atoms with van der Waals surface area (Å²) in [4.78, 5) is 25.6. The maximum absolute atomic E-state index is 13.1. The molecule has 0 atom stereocenters. The van der Waals surface area contributed by atoms with Crippen molar-refractivity contribution in [3.05, 3.63) is 105 Å². The van der Waals surface area contributed by atoms with Gasteiger partial charge in [0, 0.05) is 17.1 Å². The van der Waals surface area contributed by atoms with Crippen LogP contribution in [0.3, 0.4) is 0 Å². The Bertz CT molecular complexity index is 1360. The molecular weight excluding hydrogens is 457 g/mol. The fourth-order valence-corrected chi connectivity index (χ4v) is 4.21. The Labute approximate surface area is 201 Å². The number of hydrogen-bond acceptors (Lipinski definition) is 3. The second-order valence-corrected chi connectivity index (χ2v) is 8.26. The Balaban J connectivity index is 1.48. The third-order valence-electron chi connectivity index (χ3n) is 5.52. The summed E-state index contributed by atoms with van der Waals surface area (Å²) in [6.07, 6.45) is 0. The Morgan fingerprint density at radius 1 is 0.971 bits per heavy atom. The molecule has 0 saturated heterocycles. The number of carbonyl (C=O) groups is 2. The fourth-order valence-electron chi connectivity index (χ4n) is 3.89. The number of hydrogen-bond donors (Lipinski definition) is 2. The minimum absolute atomic E-state index is 0.121. The van der Waals surface area contributed by atoms with Gasteiger partial charge in [0.15, 0.2) is 0 Å². The quantitative estimate of drug-likeness (QED) is 0.413. The first kappa shape index (κ1) is 23.3. The zero-order valence-electron chi connectivity index (χ0n) is 18.9. The van der Waals surface area contributed by atoms with Crippen LogP contribution in [0, 0.1) is 26.6 Å². The number of aromatic nitrogens is 3. The van der Waals surface area contributed by atoms with Gasteiger partial charge in [0.05, 0.1) is 17.8 Å². The van der Waals surface area contributed by atoms with Gasteiger partial charge >= 0.3 is 0 Å². The van der Waals surface area contributed by atoms with Crippen LogP contribution in [-0.4, -0.2) is 26.2 Å². The van der Waals surface area contributed by atoms with Gasteiger partial charge in [-0.3, -0.25) is 20.4 Å². The maximum Gasteiger partial charge on any atom is 0.274 e. The summed E-state index contributed by atoms with van der Waals surface area (Å²) in [7, 11) is 0. The maximum atomic E-state index is 13.1. The van der Waals surface area contributed by atoms with Crippen LogP contribution in [0.1, 0.15) is 43.4 Å². The molecule has 0 spiro atoms. The van der Waals surface area contributed by atoms with E-state index < -0.39 is 11.8 Å². The van der Waals surface area contributed by atoms with Crippen LogP contribution in [0.5, 0.6) is 0 Å². The van der Waals surface area contributed by atoms with Crippen molar-refractivity contribution in [2.75, 3.05) is 0 Å². The lowest BCUT2D eigenvalue weighted by Crippen LogP contribution is -2.42. The van der Waals surface area contributed by atoms with Gasteiger partial charge in [-0.05, 0) is 56.7 Å². The molecule has 7 nitrogen and oxygen atoms in total. The van der Waals surface area contributed by atoms with Crippen LogP contribution in [0.4, 0.5) is 4.39 Å². The molecular formula is C25H23ClFN5O2. The van der Waals surface area contributed by atoms with Crippen LogP contribution in [-0.2, 0) is 6.54 Å². The van der Waals surface area contributed by atoms with Gasteiger partial charge in [0.1, 0.15) is 16.5 Å². The molecule has 0 aliphatic heterocycles. The highest BCUT2D eigenvalue weighted by atomic mass is 35.5. The molecule has 2 amide bonds. The normalized spacial score (nSPS) is 10.9. The van der Waals surface area contributed by atoms with E-state index in [0.717, 1.165) is 22.6 Å². The van der Waals surface area contributed by atoms with E-state index in [1.165, 1.54) is 16.8 Å². The predicted molar refractivity (Wildman–Crippen MR) is 128 cm³/mol. The third kappa shape index (κ3) is 4.58. The summed E-state index contributed by atoms with van der Waals surface area (Å²) in [5, 5.41) is 4.43. The van der Waals surface area contributed by atoms with Gasteiger partial charge in [-0.1, -0.05) is 41.9 Å². The Morgan fingerprint density at radius 3 is 2.29 bits per heavy atom. The van der Waals surface area contributed by atoms with Gasteiger partial charge in [-0.2, -0.15) is 5.10 Å². The second kappa shape index (κ2) is 9.52. The van der Waals surface area contributed by atoms with E-state index in [0.29, 0.717) is 11.3 Å². The van der Waals surface area contributed by atoms with Crippen LogP contribution >= 0.6 is 11.6 Å². The lowest BCUT2D eigenvalue weighted by Gasteiger charge is -2.10. The van der Waals surface area contributed by atoms with Crippen LogP contribution in [0.25, 0.3) is 5.69 Å². The van der Waals surface area contributed by atoms with Gasteiger partial charge in [0.25, 0.3) is 11.8 Å². The van der Waals surface area contributed by atoms with Crippen molar-refractivity contribution in [2.24, 2.45) is 0 Å². The standard InChI is InChI=1S/C25H23ClFN5O2/c1-15-13-21(17(3)32(15)20-7-5-4-6-8-20)24(33)28-29-25(34)22-16(2)30-31(23(22)26)14-18-9-11-19(27)12-10-18/h4-13H,14H2,1-3H3,(H,28,33)(H,29,34). The molecule has 4 aromatic rings. The van der Waals surface area contributed by atoms with Crippen molar-refractivity contribution in [2.45, 2.75) is 27.3 Å². The van der Waals surface area contributed by atoms with E-state index in [1.807, 2.05) is 48.7 Å². The van der Waals surface area contributed by atoms with Crippen molar-refractivity contribution >= 4 is 23.4 Å². The Morgan fingerprint density at radius 2 is 1.62 bits per heavy atom. The molecule has 2 N–H and O–H groups in total. The highest BCUT2D eigenvalue weighted by Gasteiger charge is 2.22. The minimum Gasteiger partial charge on any atom is -0.318 e. The molecule has 0 bridgehead atoms. The summed E-state index contributed by atoms with van der Waals surface area (Å²) in [5.74, 6) is -1.37.